The molecule has 0 spiro atoms. The van der Waals surface area contributed by atoms with Gasteiger partial charge in [-0.05, 0) is 123 Å². The number of aromatic nitrogens is 4. The highest BCUT2D eigenvalue weighted by molar-refractivity contribution is 5.87. The summed E-state index contributed by atoms with van der Waals surface area (Å²) in [6.45, 7) is 7.32. The number of aryl methyl sites for hydroxylation is 4. The Kier molecular flexibility index (Phi) is 11.7. The van der Waals surface area contributed by atoms with Crippen LogP contribution in [-0.4, -0.2) is 44.8 Å². The molecule has 0 amide bonds. The molecule has 344 valence electrons. The molecular weight excluding hydrogens is 903 g/mol. The van der Waals surface area contributed by atoms with Crippen LogP contribution in [0.15, 0.2) is 92.8 Å². The average molecular weight is 937 g/mol. The molecule has 1 aliphatic heterocycles. The summed E-state index contributed by atoms with van der Waals surface area (Å²) in [7, 11) is 0. The molecule has 8 aromatic rings. The van der Waals surface area contributed by atoms with E-state index in [-0.39, 0.29) is 45.6 Å². The van der Waals surface area contributed by atoms with Crippen LogP contribution in [-0.2, 0) is 0 Å². The van der Waals surface area contributed by atoms with Crippen LogP contribution in [0.1, 0.15) is 90.8 Å². The summed E-state index contributed by atoms with van der Waals surface area (Å²) in [6, 6.07) is 18.6. The molecule has 0 radical (unpaired) electrons. The van der Waals surface area contributed by atoms with Crippen LogP contribution >= 0.6 is 0 Å². The maximum atomic E-state index is 15.6. The monoisotopic (exact) mass is 936 g/mol. The number of benzene rings is 4. The van der Waals surface area contributed by atoms with E-state index in [1.807, 2.05) is 27.7 Å². The zero-order valence-electron chi connectivity index (χ0n) is 36.0. The molecule has 5 heterocycles. The van der Waals surface area contributed by atoms with Crippen LogP contribution in [0, 0.1) is 85.9 Å². The van der Waals surface area contributed by atoms with Gasteiger partial charge in [0, 0.05) is 33.9 Å². The van der Waals surface area contributed by atoms with E-state index in [1.165, 1.54) is 73.4 Å². The molecule has 4 N–H and O–H groups in total. The van der Waals surface area contributed by atoms with E-state index in [0.29, 0.717) is 22.7 Å². The van der Waals surface area contributed by atoms with Crippen molar-refractivity contribution < 1.29 is 43.9 Å². The normalized spacial score (nSPS) is 15.0. The van der Waals surface area contributed by atoms with Gasteiger partial charge in [-0.15, -0.1) is 0 Å². The SMILES string of the molecule is Cc1cc2c(cc1C)N=Cc1ccc([nH]1)C(c1c(F)c(F)c(F)c(F)c1F)c1ccc([nH]1)C=Nc1cc(C)c(C)cc1N=Cc1ccc([nH]1)C(c1c(F)c(F)c(F)c(F)c1F)c1ccc([nH]1)C=N2. The summed E-state index contributed by atoms with van der Waals surface area (Å²) in [5.41, 5.74) is 3.53. The van der Waals surface area contributed by atoms with Gasteiger partial charge >= 0.3 is 0 Å². The van der Waals surface area contributed by atoms with Crippen molar-refractivity contribution in [3.05, 3.63) is 210 Å². The molecule has 18 heteroatoms. The molecule has 0 saturated heterocycles. The molecule has 0 atom stereocenters. The summed E-state index contributed by atoms with van der Waals surface area (Å²) < 4.78 is 150. The number of rotatable bonds is 2. The third kappa shape index (κ3) is 8.15. The van der Waals surface area contributed by atoms with Gasteiger partial charge in [-0.3, -0.25) is 20.0 Å². The van der Waals surface area contributed by atoms with Gasteiger partial charge in [0.15, 0.2) is 46.5 Å². The average Bonchev–Trinajstić information content (AvgIpc) is 4.17. The zero-order chi connectivity index (χ0) is 48.3. The Hall–Kier alpha value is -8.02. The Labute approximate surface area is 380 Å². The highest BCUT2D eigenvalue weighted by Gasteiger charge is 2.35. The maximum absolute atomic E-state index is 15.6. The summed E-state index contributed by atoms with van der Waals surface area (Å²) in [5, 5.41) is 0. The van der Waals surface area contributed by atoms with Crippen LogP contribution in [0.5, 0.6) is 0 Å². The number of H-pyrrole nitrogens is 4. The molecule has 8 nitrogen and oxygen atoms in total. The highest BCUT2D eigenvalue weighted by atomic mass is 19.2. The fourth-order valence-electron chi connectivity index (χ4n) is 7.94. The first-order valence-electron chi connectivity index (χ1n) is 20.7. The van der Waals surface area contributed by atoms with Crippen molar-refractivity contribution >= 4 is 47.6 Å². The second kappa shape index (κ2) is 17.7. The van der Waals surface area contributed by atoms with E-state index in [2.05, 4.69) is 39.9 Å². The molecule has 68 heavy (non-hydrogen) atoms. The number of nitrogens with zero attached hydrogens (tertiary/aromatic N) is 4. The van der Waals surface area contributed by atoms with Crippen LogP contribution in [0.25, 0.3) is 0 Å². The number of halogens is 10. The highest BCUT2D eigenvalue weighted by Crippen LogP contribution is 2.40. The molecule has 1 aliphatic rings. The van der Waals surface area contributed by atoms with Crippen molar-refractivity contribution in [3.63, 3.8) is 0 Å². The van der Waals surface area contributed by atoms with Crippen molar-refractivity contribution in [1.82, 2.24) is 19.9 Å². The smallest absolute Gasteiger partial charge is 0.200 e. The van der Waals surface area contributed by atoms with Gasteiger partial charge in [-0.1, -0.05) is 0 Å². The maximum Gasteiger partial charge on any atom is 0.200 e. The predicted molar refractivity (Wildman–Crippen MR) is 238 cm³/mol. The van der Waals surface area contributed by atoms with E-state index in [0.717, 1.165) is 22.3 Å². The molecule has 4 aromatic heterocycles. The van der Waals surface area contributed by atoms with Gasteiger partial charge in [0.2, 0.25) is 11.6 Å². The molecule has 0 saturated carbocycles. The van der Waals surface area contributed by atoms with E-state index < -0.39 is 81.1 Å². The minimum absolute atomic E-state index is 0.0322. The number of fused-ring (bicyclic) bond motifs is 10. The first-order valence-corrected chi connectivity index (χ1v) is 20.7. The van der Waals surface area contributed by atoms with E-state index >= 15 is 17.6 Å². The number of hydrogen-bond donors (Lipinski definition) is 4. The second-order valence-corrected chi connectivity index (χ2v) is 16.2. The minimum atomic E-state index is -2.31. The molecule has 0 fully saturated rings. The minimum Gasteiger partial charge on any atom is -0.357 e. The van der Waals surface area contributed by atoms with Crippen molar-refractivity contribution in [1.29, 1.82) is 0 Å². The lowest BCUT2D eigenvalue weighted by Crippen LogP contribution is -2.14. The summed E-state index contributed by atoms with van der Waals surface area (Å²) in [5.74, 6) is -24.3. The van der Waals surface area contributed by atoms with Crippen molar-refractivity contribution in [2.45, 2.75) is 39.5 Å². The van der Waals surface area contributed by atoms with E-state index in [4.69, 9.17) is 0 Å². The third-order valence-electron chi connectivity index (χ3n) is 11.8. The molecule has 9 rings (SSSR count). The molecular formula is C50H34F10N8. The lowest BCUT2D eigenvalue weighted by Gasteiger charge is -2.18. The number of aliphatic imine (C=N–C) groups is 4. The second-order valence-electron chi connectivity index (χ2n) is 16.2. The number of nitrogens with one attached hydrogen (secondary N) is 4. The van der Waals surface area contributed by atoms with E-state index in [9.17, 15) is 26.3 Å². The summed E-state index contributed by atoms with van der Waals surface area (Å²) in [6.07, 6.45) is 5.48. The predicted octanol–water partition coefficient (Wildman–Crippen LogP) is 13.3. The van der Waals surface area contributed by atoms with Crippen molar-refractivity contribution in [2.24, 2.45) is 20.0 Å². The van der Waals surface area contributed by atoms with Gasteiger partial charge in [-0.2, -0.15) is 0 Å². The molecule has 0 unspecified atom stereocenters. The van der Waals surface area contributed by atoms with Gasteiger partial charge in [-0.25, -0.2) is 43.9 Å². The number of hydrogen-bond acceptors (Lipinski definition) is 4. The fraction of sp³-hybridized carbons (Fsp3) is 0.120. The Bertz CT molecular complexity index is 3000. The largest absolute Gasteiger partial charge is 0.357 e. The van der Waals surface area contributed by atoms with Crippen LogP contribution in [0.4, 0.5) is 66.7 Å². The van der Waals surface area contributed by atoms with Gasteiger partial charge < -0.3 is 19.9 Å². The van der Waals surface area contributed by atoms with Gasteiger partial charge in [0.05, 0.1) is 82.2 Å². The fourth-order valence-corrected chi connectivity index (χ4v) is 7.94. The quantitative estimate of drug-likeness (QED) is 0.0752. The Morgan fingerprint density at radius 1 is 0.309 bits per heavy atom. The lowest BCUT2D eigenvalue weighted by molar-refractivity contribution is 0.368. The molecule has 0 aliphatic carbocycles. The Morgan fingerprint density at radius 3 is 0.735 bits per heavy atom. The van der Waals surface area contributed by atoms with Gasteiger partial charge in [0.25, 0.3) is 0 Å². The zero-order valence-corrected chi connectivity index (χ0v) is 36.0. The topological polar surface area (TPSA) is 113 Å². The lowest BCUT2D eigenvalue weighted by atomic mass is 9.91. The van der Waals surface area contributed by atoms with E-state index in [1.54, 1.807) is 24.3 Å². The van der Waals surface area contributed by atoms with Crippen LogP contribution in [0.2, 0.25) is 0 Å². The standard InChI is InChI=1S/C50H34F10N8/c1-21-13-33-34(14-22(21)2)62-18-26-6-10-30(66-26)38(40-43(53)47(57)50(60)48(58)44(40)54)32-12-8-28(68-32)20-64-36-16-24(4)23(3)15-35(36)63-19-27-7-11-31(67-27)37(29-9-5-25(65-29)17-61-33)39-41(51)45(55)49(59)46(56)42(39)52/h5-20,37-38,65-68H,1-4H3. The number of aromatic amines is 4. The van der Waals surface area contributed by atoms with Crippen LogP contribution in [0.3, 0.4) is 0 Å². The first kappa shape index (κ1) is 45.1. The van der Waals surface area contributed by atoms with Crippen LogP contribution < -0.4 is 0 Å². The van der Waals surface area contributed by atoms with Crippen molar-refractivity contribution in [2.75, 3.05) is 0 Å². The Balaban J connectivity index is 1.23. The van der Waals surface area contributed by atoms with Gasteiger partial charge in [0.1, 0.15) is 0 Å². The molecule has 4 aromatic carbocycles. The third-order valence-corrected chi connectivity index (χ3v) is 11.8. The first-order chi connectivity index (χ1) is 32.5. The van der Waals surface area contributed by atoms with Crippen molar-refractivity contribution in [3.8, 4) is 0 Å². The molecule has 8 bridgehead atoms. The summed E-state index contributed by atoms with van der Waals surface area (Å²) in [4.78, 5) is 30.4. The summed E-state index contributed by atoms with van der Waals surface area (Å²) >= 11 is 0. The Morgan fingerprint density at radius 2 is 0.515 bits per heavy atom.